The summed E-state index contributed by atoms with van der Waals surface area (Å²) in [4.78, 5) is 7.34. The van der Waals surface area contributed by atoms with Crippen LogP contribution in [0.1, 0.15) is 39.0 Å². The van der Waals surface area contributed by atoms with Crippen LogP contribution in [0.3, 0.4) is 0 Å². The third kappa shape index (κ3) is 3.75. The molecule has 2 heterocycles. The number of fused-ring (bicyclic) bond motifs is 1. The van der Waals surface area contributed by atoms with Crippen molar-refractivity contribution in [3.63, 3.8) is 0 Å². The van der Waals surface area contributed by atoms with Crippen LogP contribution in [-0.2, 0) is 13.0 Å². The third-order valence-electron chi connectivity index (χ3n) is 4.81. The number of allylic oxidation sites excluding steroid dienone is 3. The number of nitrogens with zero attached hydrogens (tertiary/aromatic N) is 5. The Morgan fingerprint density at radius 3 is 2.82 bits per heavy atom. The Labute approximate surface area is 173 Å². The first kappa shape index (κ1) is 20.3. The van der Waals surface area contributed by atoms with Crippen molar-refractivity contribution in [2.24, 2.45) is 10.1 Å². The molecule has 0 saturated carbocycles. The highest BCUT2D eigenvalue weighted by molar-refractivity contribution is 9.10. The van der Waals surface area contributed by atoms with E-state index in [0.29, 0.717) is 12.1 Å². The van der Waals surface area contributed by atoms with Gasteiger partial charge in [0.25, 0.3) is 0 Å². The van der Waals surface area contributed by atoms with Gasteiger partial charge in [0.15, 0.2) is 11.9 Å². The average molecular weight is 441 g/mol. The molecule has 6 nitrogen and oxygen atoms in total. The van der Waals surface area contributed by atoms with Crippen molar-refractivity contribution >= 4 is 38.6 Å². The van der Waals surface area contributed by atoms with Gasteiger partial charge in [-0.1, -0.05) is 39.9 Å². The van der Waals surface area contributed by atoms with Crippen LogP contribution in [0.4, 0.5) is 0 Å². The molecule has 0 aliphatic carbocycles. The van der Waals surface area contributed by atoms with Crippen molar-refractivity contribution in [1.29, 1.82) is 0 Å². The summed E-state index contributed by atoms with van der Waals surface area (Å²) >= 11 is 3.58. The van der Waals surface area contributed by atoms with E-state index in [9.17, 15) is 5.11 Å². The molecule has 144 valence electrons. The number of aliphatic hydroxyl groups is 1. The van der Waals surface area contributed by atoms with Crippen molar-refractivity contribution in [2.75, 3.05) is 0 Å². The lowest BCUT2D eigenvalue weighted by Gasteiger charge is -2.19. The molecule has 0 fully saturated rings. The molecule has 2 aromatic rings. The molecule has 7 heteroatoms. The van der Waals surface area contributed by atoms with E-state index in [1.165, 1.54) is 0 Å². The summed E-state index contributed by atoms with van der Waals surface area (Å²) in [5.41, 5.74) is 13.0. The van der Waals surface area contributed by atoms with Gasteiger partial charge in [0.1, 0.15) is 17.8 Å². The highest BCUT2D eigenvalue weighted by Gasteiger charge is 2.31. The second-order valence-electron chi connectivity index (χ2n) is 7.46. The molecule has 0 saturated heterocycles. The second-order valence-corrected chi connectivity index (χ2v) is 8.38. The fourth-order valence-electron chi connectivity index (χ4n) is 3.69. The van der Waals surface area contributed by atoms with Gasteiger partial charge >= 0.3 is 0 Å². The van der Waals surface area contributed by atoms with E-state index in [1.54, 1.807) is 13.0 Å². The minimum Gasteiger partial charge on any atom is -0.374 e. The zero-order chi connectivity index (χ0) is 20.5. The molecular formula is C21H23BrN5O+. The monoisotopic (exact) mass is 440 g/mol. The molecule has 1 atom stereocenters. The quantitative estimate of drug-likeness (QED) is 0.267. The van der Waals surface area contributed by atoms with Gasteiger partial charge in [0.05, 0.1) is 11.8 Å². The Morgan fingerprint density at radius 1 is 1.43 bits per heavy atom. The van der Waals surface area contributed by atoms with Gasteiger partial charge < -0.3 is 9.67 Å². The van der Waals surface area contributed by atoms with Crippen LogP contribution in [0.2, 0.25) is 0 Å². The summed E-state index contributed by atoms with van der Waals surface area (Å²) in [5.74, 6) is 0. The zero-order valence-corrected chi connectivity index (χ0v) is 18.0. The minimum atomic E-state index is -0.722. The molecule has 1 aliphatic heterocycles. The standard InChI is InChI=1S/C21H23BrN5O/c1-5-27-18-9-8-14(22)11-16(18)17(12-21(3,4)25-26-23)20(27)15-7-6-10-24-19(15)13(2)28/h6-9,11,13,28H,5,12H2,1-4H3/q+1/t13-/m0/s1. The molecular weight excluding hydrogens is 418 g/mol. The number of benzene rings is 1. The third-order valence-corrected chi connectivity index (χ3v) is 5.30. The lowest BCUT2D eigenvalue weighted by atomic mass is 9.91. The van der Waals surface area contributed by atoms with Crippen molar-refractivity contribution in [3.8, 4) is 0 Å². The lowest BCUT2D eigenvalue weighted by Crippen LogP contribution is -2.20. The van der Waals surface area contributed by atoms with Gasteiger partial charge in [0, 0.05) is 32.4 Å². The van der Waals surface area contributed by atoms with Gasteiger partial charge in [-0.15, -0.1) is 0 Å². The molecule has 1 N–H and O–H groups in total. The van der Waals surface area contributed by atoms with Gasteiger partial charge in [-0.3, -0.25) is 0 Å². The first-order valence-corrected chi connectivity index (χ1v) is 10.0. The number of aliphatic hydroxyl groups excluding tert-OH is 1. The van der Waals surface area contributed by atoms with Gasteiger partial charge in [-0.05, 0) is 49.6 Å². The first-order valence-electron chi connectivity index (χ1n) is 9.21. The van der Waals surface area contributed by atoms with Crippen LogP contribution in [0.15, 0.2) is 50.6 Å². The van der Waals surface area contributed by atoms with Crippen LogP contribution in [0.5, 0.6) is 0 Å². The summed E-state index contributed by atoms with van der Waals surface area (Å²) in [6.07, 6.45) is 6.37. The summed E-state index contributed by atoms with van der Waals surface area (Å²) in [7, 11) is 0. The van der Waals surface area contributed by atoms with Crippen LogP contribution >= 0.6 is 15.9 Å². The van der Waals surface area contributed by atoms with Crippen LogP contribution in [0.25, 0.3) is 26.9 Å². The Kier molecular flexibility index (Phi) is 5.73. The molecule has 0 radical (unpaired) electrons. The normalized spacial score (nSPS) is 14.9. The summed E-state index contributed by atoms with van der Waals surface area (Å²) in [6, 6.07) is 6.20. The van der Waals surface area contributed by atoms with Crippen LogP contribution in [-0.4, -0.2) is 27.5 Å². The van der Waals surface area contributed by atoms with Crippen LogP contribution < -0.4 is 0 Å². The topological polar surface area (TPSA) is 86.3 Å². The Bertz CT molecular complexity index is 1050. The predicted molar refractivity (Wildman–Crippen MR) is 117 cm³/mol. The lowest BCUT2D eigenvalue weighted by molar-refractivity contribution is 0.231. The maximum Gasteiger partial charge on any atom is 0.194 e. The fraction of sp³-hybridized carbons (Fsp3) is 0.381. The zero-order valence-electron chi connectivity index (χ0n) is 16.4. The van der Waals surface area contributed by atoms with E-state index in [-0.39, 0.29) is 0 Å². The highest BCUT2D eigenvalue weighted by atomic mass is 79.9. The molecule has 28 heavy (non-hydrogen) atoms. The molecule has 1 aliphatic rings. The highest BCUT2D eigenvalue weighted by Crippen LogP contribution is 2.38. The molecule has 0 amide bonds. The molecule has 0 spiro atoms. The number of halogens is 1. The number of hydrogen-bond donors (Lipinski definition) is 1. The van der Waals surface area contributed by atoms with E-state index in [1.807, 2.05) is 26.0 Å². The fourth-order valence-corrected chi connectivity index (χ4v) is 4.05. The van der Waals surface area contributed by atoms with E-state index >= 15 is 0 Å². The Morgan fingerprint density at radius 2 is 2.18 bits per heavy atom. The first-order chi connectivity index (χ1) is 13.3. The van der Waals surface area contributed by atoms with E-state index in [2.05, 4.69) is 60.8 Å². The van der Waals surface area contributed by atoms with E-state index in [0.717, 1.165) is 38.8 Å². The molecule has 3 rings (SSSR count). The molecule has 1 aromatic heterocycles. The molecule has 0 unspecified atom stereocenters. The number of aliphatic imine (C=N–C) groups is 1. The minimum absolute atomic E-state index is 0.560. The summed E-state index contributed by atoms with van der Waals surface area (Å²) < 4.78 is 3.21. The van der Waals surface area contributed by atoms with Crippen LogP contribution in [0, 0.1) is 0 Å². The molecule has 0 bridgehead atoms. The van der Waals surface area contributed by atoms with Crippen molar-refractivity contribution in [2.45, 2.75) is 52.3 Å². The number of hydrogen-bond acceptors (Lipinski definition) is 3. The predicted octanol–water partition coefficient (Wildman–Crippen LogP) is 5.66. The summed E-state index contributed by atoms with van der Waals surface area (Å²) in [5, 5.41) is 15.4. The second kappa shape index (κ2) is 7.90. The Balaban J connectivity index is 2.41. The number of aromatic nitrogens is 1. The maximum atomic E-state index is 10.3. The maximum absolute atomic E-state index is 10.3. The smallest absolute Gasteiger partial charge is 0.194 e. The van der Waals surface area contributed by atoms with Crippen molar-refractivity contribution < 1.29 is 5.11 Å². The van der Waals surface area contributed by atoms with E-state index < -0.39 is 11.6 Å². The van der Waals surface area contributed by atoms with E-state index in [4.69, 9.17) is 5.53 Å². The van der Waals surface area contributed by atoms with Crippen molar-refractivity contribution in [3.05, 3.63) is 62.2 Å². The van der Waals surface area contributed by atoms with Gasteiger partial charge in [-0.2, -0.15) is 0 Å². The number of azide groups is 1. The van der Waals surface area contributed by atoms with Gasteiger partial charge in [-0.25, -0.2) is 0 Å². The Hall–Kier alpha value is -2.43. The number of aryl methyl sites for hydroxylation is 1. The number of rotatable bonds is 6. The van der Waals surface area contributed by atoms with Gasteiger partial charge in [0.2, 0.25) is 0 Å². The average Bonchev–Trinajstić information content (AvgIpc) is 2.93. The molecule has 1 aromatic carbocycles. The SMILES string of the molecule is CCn1c(C2=C([C@H](C)O)N=[C+]C=C2)c(CC(C)(C)N=[N+]=[N-])c2cc(Br)ccc21. The largest absolute Gasteiger partial charge is 0.374 e. The summed E-state index contributed by atoms with van der Waals surface area (Å²) in [6.45, 7) is 8.41. The van der Waals surface area contributed by atoms with Crippen molar-refractivity contribution in [1.82, 2.24) is 4.57 Å².